The SMILES string of the molecule is CCc1cc(Nc2nccn3c(-c4ccc(OC)c(F)c4F)cnc23)ccc1S(=O)N1CCN(C(=O)[C@@H]2C[C@@H](O)CN2)CC1. The van der Waals surface area contributed by atoms with Gasteiger partial charge in [-0.1, -0.05) is 6.92 Å². The predicted octanol–water partition coefficient (Wildman–Crippen LogP) is 2.88. The minimum atomic E-state index is -1.41. The Kier molecular flexibility index (Phi) is 8.58. The number of nitrogens with one attached hydrogen (secondary N) is 2. The highest BCUT2D eigenvalue weighted by Gasteiger charge is 2.34. The number of nitrogens with zero attached hydrogens (tertiary/aromatic N) is 5. The Hall–Kier alpha value is -3.98. The fraction of sp³-hybridized carbons (Fsp3) is 0.367. The molecule has 0 aliphatic carbocycles. The van der Waals surface area contributed by atoms with Gasteiger partial charge in [0.05, 0.1) is 36.0 Å². The van der Waals surface area contributed by atoms with Crippen LogP contribution in [0.2, 0.25) is 0 Å². The molecule has 2 aliphatic heterocycles. The van der Waals surface area contributed by atoms with Gasteiger partial charge in [-0.05, 0) is 48.7 Å². The van der Waals surface area contributed by atoms with Crippen LogP contribution in [0.15, 0.2) is 53.8 Å². The van der Waals surface area contributed by atoms with Gasteiger partial charge in [0.1, 0.15) is 11.0 Å². The maximum Gasteiger partial charge on any atom is 0.239 e. The van der Waals surface area contributed by atoms with Crippen molar-refractivity contribution in [3.05, 3.63) is 66.1 Å². The number of β-amino-alcohol motifs (C(OH)–C–C–N with tert-alkyl or cyclic N) is 1. The molecule has 4 heterocycles. The number of aryl methyl sites for hydroxylation is 1. The first-order chi connectivity index (χ1) is 21.3. The first-order valence-electron chi connectivity index (χ1n) is 14.4. The lowest BCUT2D eigenvalue weighted by atomic mass is 10.1. The molecule has 4 aromatic rings. The van der Waals surface area contributed by atoms with Gasteiger partial charge in [0.25, 0.3) is 0 Å². The minimum absolute atomic E-state index is 0.0221. The number of halogens is 2. The Morgan fingerprint density at radius 1 is 1.16 bits per heavy atom. The Morgan fingerprint density at radius 2 is 1.95 bits per heavy atom. The second-order valence-electron chi connectivity index (χ2n) is 10.7. The molecular formula is C30H33F2N7O4S. The Morgan fingerprint density at radius 3 is 2.66 bits per heavy atom. The summed E-state index contributed by atoms with van der Waals surface area (Å²) in [5.74, 6) is -1.90. The van der Waals surface area contributed by atoms with Crippen molar-refractivity contribution < 1.29 is 27.6 Å². The molecule has 6 rings (SSSR count). The molecule has 0 spiro atoms. The average molecular weight is 626 g/mol. The lowest BCUT2D eigenvalue weighted by Gasteiger charge is -2.35. The van der Waals surface area contributed by atoms with Gasteiger partial charge < -0.3 is 25.4 Å². The summed E-state index contributed by atoms with van der Waals surface area (Å²) in [7, 11) is -0.139. The summed E-state index contributed by atoms with van der Waals surface area (Å²) < 4.78 is 51.3. The van der Waals surface area contributed by atoms with Crippen molar-refractivity contribution in [3.8, 4) is 17.0 Å². The number of benzene rings is 2. The van der Waals surface area contributed by atoms with Crippen molar-refractivity contribution in [2.45, 2.75) is 36.8 Å². The van der Waals surface area contributed by atoms with E-state index in [0.29, 0.717) is 73.3 Å². The Balaban J connectivity index is 1.17. The molecule has 0 radical (unpaired) electrons. The van der Waals surface area contributed by atoms with Crippen LogP contribution >= 0.6 is 0 Å². The molecule has 1 amide bonds. The maximum absolute atomic E-state index is 14.9. The van der Waals surface area contributed by atoms with Gasteiger partial charge in [-0.15, -0.1) is 0 Å². The summed E-state index contributed by atoms with van der Waals surface area (Å²) in [6, 6.07) is 8.00. The standard InChI is InChI=1S/C30H33F2N7O4S/c1-3-18-14-19(4-7-25(18)44(42)38-12-10-37(11-13-38)30(41)22-15-20(40)16-34-22)36-28-29-35-17-23(39(29)9-8-33-28)21-5-6-24(43-2)27(32)26(21)31/h4-9,14,17,20,22,34,40H,3,10-13,15-16H2,1-2H3,(H,33,36)/t20-,22+,44?/m1/s1. The molecule has 0 bridgehead atoms. The van der Waals surface area contributed by atoms with Crippen LogP contribution in [-0.4, -0.2) is 90.8 Å². The number of aliphatic hydroxyl groups is 1. The molecule has 0 saturated carbocycles. The van der Waals surface area contributed by atoms with E-state index in [1.165, 1.54) is 31.6 Å². The number of rotatable bonds is 8. The minimum Gasteiger partial charge on any atom is -0.494 e. The number of carbonyl (C=O) groups is 1. The molecular weight excluding hydrogens is 592 g/mol. The molecule has 2 aliphatic rings. The Bertz CT molecular complexity index is 1730. The summed E-state index contributed by atoms with van der Waals surface area (Å²) >= 11 is 0. The summed E-state index contributed by atoms with van der Waals surface area (Å²) in [4.78, 5) is 24.1. The molecule has 2 aromatic carbocycles. The number of aromatic nitrogens is 3. The van der Waals surface area contributed by atoms with E-state index < -0.39 is 28.7 Å². The highest BCUT2D eigenvalue weighted by Crippen LogP contribution is 2.32. The lowest BCUT2D eigenvalue weighted by molar-refractivity contribution is -0.134. The van der Waals surface area contributed by atoms with Gasteiger partial charge in [0, 0.05) is 56.4 Å². The van der Waals surface area contributed by atoms with Crippen molar-refractivity contribution in [2.24, 2.45) is 0 Å². The molecule has 1 unspecified atom stereocenters. The van der Waals surface area contributed by atoms with E-state index in [9.17, 15) is 22.9 Å². The van der Waals surface area contributed by atoms with Crippen LogP contribution in [0.25, 0.3) is 16.9 Å². The maximum atomic E-state index is 14.9. The second kappa shape index (κ2) is 12.6. The average Bonchev–Trinajstić information content (AvgIpc) is 3.68. The highest BCUT2D eigenvalue weighted by molar-refractivity contribution is 7.82. The quantitative estimate of drug-likeness (QED) is 0.273. The smallest absolute Gasteiger partial charge is 0.239 e. The number of imidazole rings is 1. The largest absolute Gasteiger partial charge is 0.494 e. The number of piperazine rings is 1. The van der Waals surface area contributed by atoms with E-state index in [2.05, 4.69) is 20.6 Å². The third-order valence-electron chi connectivity index (χ3n) is 8.05. The van der Waals surface area contributed by atoms with Crippen molar-refractivity contribution in [3.63, 3.8) is 0 Å². The van der Waals surface area contributed by atoms with Gasteiger partial charge in [-0.25, -0.2) is 22.9 Å². The fourth-order valence-corrected chi connectivity index (χ4v) is 7.06. The number of hydrogen-bond donors (Lipinski definition) is 3. The van der Waals surface area contributed by atoms with E-state index in [4.69, 9.17) is 4.74 Å². The van der Waals surface area contributed by atoms with Crippen LogP contribution in [0.3, 0.4) is 0 Å². The molecule has 2 aromatic heterocycles. The zero-order chi connectivity index (χ0) is 31.0. The van der Waals surface area contributed by atoms with E-state index >= 15 is 0 Å². The molecule has 3 atom stereocenters. The molecule has 232 valence electrons. The third kappa shape index (κ3) is 5.65. The number of aliphatic hydroxyl groups excluding tert-OH is 1. The van der Waals surface area contributed by atoms with Crippen molar-refractivity contribution >= 4 is 34.0 Å². The summed E-state index contributed by atoms with van der Waals surface area (Å²) in [6.45, 7) is 4.29. The number of ether oxygens (including phenoxy) is 1. The summed E-state index contributed by atoms with van der Waals surface area (Å²) in [5, 5.41) is 16.1. The van der Waals surface area contributed by atoms with Crippen LogP contribution in [0.5, 0.6) is 5.75 Å². The summed E-state index contributed by atoms with van der Waals surface area (Å²) in [6.07, 6.45) is 5.17. The number of carbonyl (C=O) groups excluding carboxylic acids is 1. The molecule has 44 heavy (non-hydrogen) atoms. The molecule has 2 fully saturated rings. The first kappa shape index (κ1) is 30.1. The first-order valence-corrected chi connectivity index (χ1v) is 15.5. The van der Waals surface area contributed by atoms with Gasteiger partial charge >= 0.3 is 0 Å². The molecule has 11 nitrogen and oxygen atoms in total. The van der Waals surface area contributed by atoms with Crippen molar-refractivity contribution in [2.75, 3.05) is 45.2 Å². The van der Waals surface area contributed by atoms with E-state index in [1.54, 1.807) is 15.5 Å². The second-order valence-corrected chi connectivity index (χ2v) is 12.2. The van der Waals surface area contributed by atoms with Crippen LogP contribution in [0, 0.1) is 11.6 Å². The van der Waals surface area contributed by atoms with Crippen LogP contribution in [-0.2, 0) is 22.2 Å². The fourth-order valence-electron chi connectivity index (χ4n) is 5.67. The number of methoxy groups -OCH3 is 1. The zero-order valence-electron chi connectivity index (χ0n) is 24.3. The number of hydrogen-bond acceptors (Lipinski definition) is 8. The van der Waals surface area contributed by atoms with Crippen LogP contribution in [0.1, 0.15) is 18.9 Å². The van der Waals surface area contributed by atoms with E-state index in [1.807, 2.05) is 29.4 Å². The topological polar surface area (TPSA) is 124 Å². The summed E-state index contributed by atoms with van der Waals surface area (Å²) in [5.41, 5.74) is 2.40. The van der Waals surface area contributed by atoms with E-state index in [0.717, 1.165) is 5.56 Å². The van der Waals surface area contributed by atoms with E-state index in [-0.39, 0.29) is 23.3 Å². The van der Waals surface area contributed by atoms with Crippen LogP contribution < -0.4 is 15.4 Å². The van der Waals surface area contributed by atoms with Gasteiger partial charge in [-0.3, -0.25) is 9.20 Å². The van der Waals surface area contributed by atoms with Crippen molar-refractivity contribution in [1.82, 2.24) is 28.9 Å². The Labute approximate surface area is 255 Å². The predicted molar refractivity (Wildman–Crippen MR) is 161 cm³/mol. The van der Waals surface area contributed by atoms with Crippen molar-refractivity contribution in [1.29, 1.82) is 0 Å². The van der Waals surface area contributed by atoms with Gasteiger partial charge in [0.15, 0.2) is 23.0 Å². The van der Waals surface area contributed by atoms with Gasteiger partial charge in [0.2, 0.25) is 11.7 Å². The molecule has 2 saturated heterocycles. The third-order valence-corrected chi connectivity index (χ3v) is 9.66. The number of amides is 1. The normalized spacial score (nSPS) is 19.8. The van der Waals surface area contributed by atoms with Crippen LogP contribution in [0.4, 0.5) is 20.3 Å². The highest BCUT2D eigenvalue weighted by atomic mass is 32.2. The lowest BCUT2D eigenvalue weighted by Crippen LogP contribution is -2.53. The zero-order valence-corrected chi connectivity index (χ0v) is 25.1. The molecule has 3 N–H and O–H groups in total. The monoisotopic (exact) mass is 625 g/mol. The van der Waals surface area contributed by atoms with Gasteiger partial charge in [-0.2, -0.15) is 4.39 Å². The molecule has 14 heteroatoms. The number of anilines is 2. The number of fused-ring (bicyclic) bond motifs is 1.